The number of hydrogen-bond donors (Lipinski definition) is 1. The lowest BCUT2D eigenvalue weighted by Crippen LogP contribution is -2.30. The molecule has 0 radical (unpaired) electrons. The van der Waals surface area contributed by atoms with Crippen molar-refractivity contribution in [3.63, 3.8) is 0 Å². The SMILES string of the molecule is O=C(O)CCCN1C(=O)OC(=Cc2cccc(-c3ccncc3)c2)C1=O. The number of aliphatic carboxylic acids is 1. The molecule has 0 unspecified atom stereocenters. The van der Waals surface area contributed by atoms with E-state index >= 15 is 0 Å². The van der Waals surface area contributed by atoms with Crippen LogP contribution in [-0.4, -0.2) is 39.5 Å². The molecule has 7 heteroatoms. The number of hydrogen-bond acceptors (Lipinski definition) is 5. The summed E-state index contributed by atoms with van der Waals surface area (Å²) in [5.41, 5.74) is 2.63. The van der Waals surface area contributed by atoms with Crippen molar-refractivity contribution in [2.24, 2.45) is 0 Å². The zero-order chi connectivity index (χ0) is 18.5. The molecule has 1 N–H and O–H groups in total. The monoisotopic (exact) mass is 352 g/mol. The highest BCUT2D eigenvalue weighted by molar-refractivity contribution is 6.09. The number of pyridine rings is 1. The Morgan fingerprint density at radius 3 is 2.65 bits per heavy atom. The number of rotatable bonds is 6. The van der Waals surface area contributed by atoms with Gasteiger partial charge in [-0.2, -0.15) is 0 Å². The van der Waals surface area contributed by atoms with Crippen LogP contribution in [0.25, 0.3) is 17.2 Å². The van der Waals surface area contributed by atoms with Crippen LogP contribution in [-0.2, 0) is 14.3 Å². The van der Waals surface area contributed by atoms with E-state index in [2.05, 4.69) is 4.98 Å². The van der Waals surface area contributed by atoms with Gasteiger partial charge < -0.3 is 9.84 Å². The van der Waals surface area contributed by atoms with Crippen molar-refractivity contribution >= 4 is 24.0 Å². The lowest BCUT2D eigenvalue weighted by Gasteiger charge is -2.08. The minimum Gasteiger partial charge on any atom is -0.481 e. The lowest BCUT2D eigenvalue weighted by atomic mass is 10.0. The van der Waals surface area contributed by atoms with Crippen LogP contribution in [0.2, 0.25) is 0 Å². The fraction of sp³-hybridized carbons (Fsp3) is 0.158. The first-order chi connectivity index (χ1) is 12.5. The highest BCUT2D eigenvalue weighted by Gasteiger charge is 2.36. The molecule has 1 aliphatic heterocycles. The maximum Gasteiger partial charge on any atom is 0.422 e. The van der Waals surface area contributed by atoms with Gasteiger partial charge in [0.1, 0.15) is 0 Å². The summed E-state index contributed by atoms with van der Waals surface area (Å²) in [5.74, 6) is -1.61. The van der Waals surface area contributed by atoms with Crippen LogP contribution in [0, 0.1) is 0 Å². The van der Waals surface area contributed by atoms with E-state index in [0.717, 1.165) is 16.0 Å². The smallest absolute Gasteiger partial charge is 0.422 e. The fourth-order valence-electron chi connectivity index (χ4n) is 2.58. The molecule has 1 fully saturated rings. The van der Waals surface area contributed by atoms with Gasteiger partial charge in [0.2, 0.25) is 0 Å². The molecule has 7 nitrogen and oxygen atoms in total. The summed E-state index contributed by atoms with van der Waals surface area (Å²) in [6.07, 6.45) is 4.17. The van der Waals surface area contributed by atoms with Crippen molar-refractivity contribution < 1.29 is 24.2 Å². The van der Waals surface area contributed by atoms with E-state index in [0.29, 0.717) is 5.56 Å². The van der Waals surface area contributed by atoms with Crippen molar-refractivity contribution in [3.8, 4) is 11.1 Å². The summed E-state index contributed by atoms with van der Waals surface area (Å²) in [6.45, 7) is 0.0123. The number of imide groups is 1. The van der Waals surface area contributed by atoms with Gasteiger partial charge in [-0.3, -0.25) is 14.6 Å². The third-order valence-electron chi connectivity index (χ3n) is 3.84. The molecule has 0 bridgehead atoms. The van der Waals surface area contributed by atoms with E-state index < -0.39 is 18.0 Å². The first kappa shape index (κ1) is 17.3. The van der Waals surface area contributed by atoms with Crippen LogP contribution in [0.4, 0.5) is 4.79 Å². The van der Waals surface area contributed by atoms with Gasteiger partial charge >= 0.3 is 12.1 Å². The third-order valence-corrected chi connectivity index (χ3v) is 3.84. The highest BCUT2D eigenvalue weighted by atomic mass is 16.6. The van der Waals surface area contributed by atoms with Crippen molar-refractivity contribution in [2.75, 3.05) is 6.54 Å². The molecule has 1 aromatic carbocycles. The second kappa shape index (κ2) is 7.60. The van der Waals surface area contributed by atoms with E-state index in [4.69, 9.17) is 9.84 Å². The Kier molecular flexibility index (Phi) is 5.07. The van der Waals surface area contributed by atoms with Crippen LogP contribution >= 0.6 is 0 Å². The number of carboxylic acid groups (broad SMARTS) is 1. The number of ether oxygens (including phenoxy) is 1. The average Bonchev–Trinajstić information content (AvgIpc) is 2.90. The van der Waals surface area contributed by atoms with Gasteiger partial charge in [-0.1, -0.05) is 18.2 Å². The summed E-state index contributed by atoms with van der Waals surface area (Å²) >= 11 is 0. The fourth-order valence-corrected chi connectivity index (χ4v) is 2.58. The zero-order valence-electron chi connectivity index (χ0n) is 13.8. The molecule has 0 aliphatic carbocycles. The van der Waals surface area contributed by atoms with Gasteiger partial charge in [0, 0.05) is 25.4 Å². The van der Waals surface area contributed by atoms with Gasteiger partial charge in [0.05, 0.1) is 0 Å². The summed E-state index contributed by atoms with van der Waals surface area (Å²) in [6, 6.07) is 11.2. The second-order valence-corrected chi connectivity index (χ2v) is 5.69. The van der Waals surface area contributed by atoms with Crippen molar-refractivity contribution in [3.05, 3.63) is 60.1 Å². The number of benzene rings is 1. The number of carbonyl (C=O) groups excluding carboxylic acids is 2. The molecule has 26 heavy (non-hydrogen) atoms. The van der Waals surface area contributed by atoms with Crippen molar-refractivity contribution in [2.45, 2.75) is 12.8 Å². The lowest BCUT2D eigenvalue weighted by molar-refractivity contribution is -0.137. The average molecular weight is 352 g/mol. The van der Waals surface area contributed by atoms with E-state index in [-0.39, 0.29) is 25.1 Å². The summed E-state index contributed by atoms with van der Waals surface area (Å²) < 4.78 is 5.03. The van der Waals surface area contributed by atoms with Crippen LogP contribution in [0.15, 0.2) is 54.6 Å². The molecule has 132 valence electrons. The standard InChI is InChI=1S/C19H16N2O5/c22-17(23)5-2-10-21-18(24)16(26-19(21)25)12-13-3-1-4-15(11-13)14-6-8-20-9-7-14/h1,3-4,6-9,11-12H,2,5,10H2,(H,22,23). The maximum absolute atomic E-state index is 12.3. The number of aromatic nitrogens is 1. The Balaban J connectivity index is 1.77. The molecule has 2 heterocycles. The third kappa shape index (κ3) is 3.94. The molecule has 1 aromatic heterocycles. The molecule has 1 aliphatic rings. The van der Waals surface area contributed by atoms with Crippen molar-refractivity contribution in [1.82, 2.24) is 9.88 Å². The summed E-state index contributed by atoms with van der Waals surface area (Å²) in [4.78, 5) is 39.6. The van der Waals surface area contributed by atoms with E-state index in [1.807, 2.05) is 30.3 Å². The Morgan fingerprint density at radius 2 is 1.92 bits per heavy atom. The summed E-state index contributed by atoms with van der Waals surface area (Å²) in [5, 5.41) is 8.65. The molecule has 0 atom stereocenters. The van der Waals surface area contributed by atoms with E-state index in [1.165, 1.54) is 6.08 Å². The van der Waals surface area contributed by atoms with Crippen LogP contribution in [0.1, 0.15) is 18.4 Å². The van der Waals surface area contributed by atoms with Crippen LogP contribution in [0.3, 0.4) is 0 Å². The van der Waals surface area contributed by atoms with Gasteiger partial charge in [-0.15, -0.1) is 0 Å². The first-order valence-corrected chi connectivity index (χ1v) is 8.02. The maximum atomic E-state index is 12.3. The molecule has 0 spiro atoms. The van der Waals surface area contributed by atoms with Crippen molar-refractivity contribution in [1.29, 1.82) is 0 Å². The van der Waals surface area contributed by atoms with Crippen LogP contribution in [0.5, 0.6) is 0 Å². The Hall–Kier alpha value is -3.48. The van der Waals surface area contributed by atoms with Gasteiger partial charge in [-0.05, 0) is 47.4 Å². The first-order valence-electron chi connectivity index (χ1n) is 8.02. The number of cyclic esters (lactones) is 1. The molecular formula is C19H16N2O5. The quantitative estimate of drug-likeness (QED) is 0.803. The second-order valence-electron chi connectivity index (χ2n) is 5.69. The Bertz CT molecular complexity index is 877. The molecule has 1 saturated heterocycles. The molecular weight excluding hydrogens is 336 g/mol. The largest absolute Gasteiger partial charge is 0.481 e. The zero-order valence-corrected chi connectivity index (χ0v) is 13.8. The number of carbonyl (C=O) groups is 3. The topological polar surface area (TPSA) is 96.8 Å². The molecule has 2 aromatic rings. The minimum absolute atomic E-state index is 0.0123. The normalized spacial score (nSPS) is 15.4. The Labute approximate surface area is 149 Å². The van der Waals surface area contributed by atoms with E-state index in [9.17, 15) is 14.4 Å². The highest BCUT2D eigenvalue weighted by Crippen LogP contribution is 2.24. The molecule has 2 amide bonds. The Morgan fingerprint density at radius 1 is 1.15 bits per heavy atom. The van der Waals surface area contributed by atoms with E-state index in [1.54, 1.807) is 18.5 Å². The van der Waals surface area contributed by atoms with Gasteiger partial charge in [0.25, 0.3) is 5.91 Å². The number of carboxylic acids is 1. The molecule has 0 saturated carbocycles. The van der Waals surface area contributed by atoms with Gasteiger partial charge in [-0.25, -0.2) is 9.69 Å². The molecule has 3 rings (SSSR count). The summed E-state index contributed by atoms with van der Waals surface area (Å²) in [7, 11) is 0. The number of amides is 2. The minimum atomic E-state index is -0.978. The van der Waals surface area contributed by atoms with Crippen LogP contribution < -0.4 is 0 Å². The van der Waals surface area contributed by atoms with Gasteiger partial charge in [0.15, 0.2) is 5.76 Å². The number of nitrogens with zero attached hydrogens (tertiary/aromatic N) is 2. The predicted octanol–water partition coefficient (Wildman–Crippen LogP) is 2.93. The predicted molar refractivity (Wildman–Crippen MR) is 92.7 cm³/mol.